The van der Waals surface area contributed by atoms with E-state index in [-0.39, 0.29) is 29.3 Å². The first-order valence-electron chi connectivity index (χ1n) is 20.7. The Morgan fingerprint density at radius 3 is 2.63 bits per heavy atom. The highest BCUT2D eigenvalue weighted by atomic mass is 32.2. The van der Waals surface area contributed by atoms with Gasteiger partial charge in [-0.2, -0.15) is 5.10 Å². The zero-order valence-corrected chi connectivity index (χ0v) is 34.9. The first-order chi connectivity index (χ1) is 27.5. The first kappa shape index (κ1) is 39.6. The van der Waals surface area contributed by atoms with Crippen molar-refractivity contribution in [1.82, 2.24) is 14.5 Å². The van der Waals surface area contributed by atoms with E-state index in [9.17, 15) is 13.8 Å². The number of methoxy groups -OCH3 is 2. The van der Waals surface area contributed by atoms with Gasteiger partial charge in [0.1, 0.15) is 21.2 Å². The molecule has 5 aliphatic rings. The molecule has 3 aromatic rings. The molecule has 0 radical (unpaired) electrons. The molecular weight excluding hydrogens is 741 g/mol. The van der Waals surface area contributed by atoms with Crippen molar-refractivity contribution in [2.24, 2.45) is 29.2 Å². The second-order valence-electron chi connectivity index (χ2n) is 17.2. The van der Waals surface area contributed by atoms with Gasteiger partial charge in [-0.25, -0.2) is 4.21 Å². The molecule has 306 valence electrons. The first-order valence-corrected chi connectivity index (χ1v) is 22.4. The zero-order valence-electron chi connectivity index (χ0n) is 34.1. The van der Waals surface area contributed by atoms with Crippen LogP contribution in [0.1, 0.15) is 89.3 Å². The van der Waals surface area contributed by atoms with Crippen molar-refractivity contribution in [3.05, 3.63) is 82.6 Å². The Kier molecular flexibility index (Phi) is 11.3. The van der Waals surface area contributed by atoms with Crippen LogP contribution in [0.4, 0.5) is 11.5 Å². The number of fused-ring (bicyclic) bond motifs is 4. The molecule has 4 heterocycles. The van der Waals surface area contributed by atoms with Crippen molar-refractivity contribution in [1.29, 1.82) is 0 Å². The third-order valence-corrected chi connectivity index (χ3v) is 15.1. The normalized spacial score (nSPS) is 29.9. The minimum absolute atomic E-state index is 0.00503. The average Bonchev–Trinajstić information content (AvgIpc) is 3.51. The van der Waals surface area contributed by atoms with Crippen LogP contribution in [-0.2, 0) is 38.3 Å². The van der Waals surface area contributed by atoms with Crippen molar-refractivity contribution < 1.29 is 28.0 Å². The zero-order chi connectivity index (χ0) is 39.9. The summed E-state index contributed by atoms with van der Waals surface area (Å²) in [5.74, 6) is 0.609. The quantitative estimate of drug-likeness (QED) is 0.292. The van der Waals surface area contributed by atoms with E-state index >= 15 is 0 Å². The molecule has 1 N–H and O–H groups in total. The van der Waals surface area contributed by atoms with E-state index < -0.39 is 21.7 Å². The SMILES string of the molecule is COC1CCN(c2nn(C)cc2C(=O)NS2(=O)=NC(=O)c3ccc4c(c3)N(C[C@@H]3CC[C@H]3[C@@H](OC)/C=C/C[C@H](C)C2)C[C@@]2(CCCc3cc(C)ccc32)CO4)CC1. The number of hydrogen-bond acceptors (Lipinski definition) is 9. The summed E-state index contributed by atoms with van der Waals surface area (Å²) in [6.07, 6.45) is 13.5. The summed E-state index contributed by atoms with van der Waals surface area (Å²) in [5, 5.41) is 4.62. The van der Waals surface area contributed by atoms with E-state index in [2.05, 4.69) is 61.3 Å². The van der Waals surface area contributed by atoms with Crippen LogP contribution in [0, 0.1) is 24.7 Å². The summed E-state index contributed by atoms with van der Waals surface area (Å²) in [4.78, 5) is 32.9. The monoisotopic (exact) mass is 798 g/mol. The van der Waals surface area contributed by atoms with E-state index in [0.717, 1.165) is 69.5 Å². The lowest BCUT2D eigenvalue weighted by molar-refractivity contribution is 0.0131. The highest BCUT2D eigenvalue weighted by molar-refractivity contribution is 7.92. The van der Waals surface area contributed by atoms with E-state index in [1.165, 1.54) is 16.7 Å². The van der Waals surface area contributed by atoms with Crippen molar-refractivity contribution in [2.45, 2.75) is 82.8 Å². The van der Waals surface area contributed by atoms with Gasteiger partial charge in [-0.05, 0) is 105 Å². The fourth-order valence-electron chi connectivity index (χ4n) is 9.90. The van der Waals surface area contributed by atoms with Gasteiger partial charge < -0.3 is 24.0 Å². The lowest BCUT2D eigenvalue weighted by Crippen LogP contribution is -2.49. The Labute approximate surface area is 337 Å². The maximum atomic E-state index is 15.0. The Morgan fingerprint density at radius 2 is 1.88 bits per heavy atom. The highest BCUT2D eigenvalue weighted by Gasteiger charge is 2.44. The molecule has 2 aromatic carbocycles. The van der Waals surface area contributed by atoms with Gasteiger partial charge in [-0.1, -0.05) is 42.8 Å². The summed E-state index contributed by atoms with van der Waals surface area (Å²) in [6.45, 7) is 7.57. The molecule has 2 bridgehead atoms. The van der Waals surface area contributed by atoms with Gasteiger partial charge in [0, 0.05) is 64.6 Å². The highest BCUT2D eigenvalue weighted by Crippen LogP contribution is 2.47. The third kappa shape index (κ3) is 8.12. The van der Waals surface area contributed by atoms with Crippen LogP contribution in [-0.4, -0.2) is 90.8 Å². The van der Waals surface area contributed by atoms with Crippen molar-refractivity contribution in [2.75, 3.05) is 62.6 Å². The van der Waals surface area contributed by atoms with E-state index in [4.69, 9.17) is 14.2 Å². The number of amides is 2. The number of aromatic nitrogens is 2. The molecule has 1 saturated heterocycles. The predicted octanol–water partition coefficient (Wildman–Crippen LogP) is 6.41. The summed E-state index contributed by atoms with van der Waals surface area (Å²) < 4.78 is 42.1. The fourth-order valence-corrected chi connectivity index (χ4v) is 11.8. The number of anilines is 2. The van der Waals surface area contributed by atoms with Gasteiger partial charge in [0.05, 0.1) is 30.3 Å². The Hall–Kier alpha value is -4.20. The minimum Gasteiger partial charge on any atom is -0.490 e. The molecular formula is C44H58N6O6S. The summed E-state index contributed by atoms with van der Waals surface area (Å²) >= 11 is 0. The van der Waals surface area contributed by atoms with Gasteiger partial charge in [0.25, 0.3) is 11.8 Å². The fraction of sp³-hybridized carbons (Fsp3) is 0.568. The van der Waals surface area contributed by atoms with Crippen LogP contribution in [0.25, 0.3) is 0 Å². The molecule has 1 spiro atoms. The molecule has 13 heteroatoms. The van der Waals surface area contributed by atoms with Crippen LogP contribution < -0.4 is 19.3 Å². The molecule has 2 amide bonds. The smallest absolute Gasteiger partial charge is 0.286 e. The molecule has 6 atom stereocenters. The Balaban J connectivity index is 1.16. The molecule has 1 unspecified atom stereocenters. The van der Waals surface area contributed by atoms with E-state index in [1.54, 1.807) is 38.2 Å². The molecule has 1 aromatic heterocycles. The van der Waals surface area contributed by atoms with Crippen LogP contribution in [0.3, 0.4) is 0 Å². The number of nitrogens with one attached hydrogen (secondary N) is 1. The minimum atomic E-state index is -3.60. The van der Waals surface area contributed by atoms with Gasteiger partial charge in [0.2, 0.25) is 0 Å². The lowest BCUT2D eigenvalue weighted by Gasteiger charge is -2.46. The molecule has 12 nitrogen and oxygen atoms in total. The summed E-state index contributed by atoms with van der Waals surface area (Å²) in [6, 6.07) is 12.3. The van der Waals surface area contributed by atoms with Gasteiger partial charge in [-0.15, -0.1) is 4.36 Å². The van der Waals surface area contributed by atoms with Gasteiger partial charge >= 0.3 is 0 Å². The number of carbonyl (C=O) groups excluding carboxylic acids is 2. The number of carbonyl (C=O) groups is 2. The van der Waals surface area contributed by atoms with E-state index in [1.807, 2.05) is 19.1 Å². The molecule has 1 saturated carbocycles. The average molecular weight is 799 g/mol. The molecule has 57 heavy (non-hydrogen) atoms. The number of aryl methyl sites for hydroxylation is 3. The topological polar surface area (TPSA) is 128 Å². The Bertz CT molecular complexity index is 2150. The van der Waals surface area contributed by atoms with Crippen LogP contribution in [0.2, 0.25) is 0 Å². The molecule has 2 fully saturated rings. The van der Waals surface area contributed by atoms with Crippen molar-refractivity contribution in [3.63, 3.8) is 0 Å². The number of piperidine rings is 1. The van der Waals surface area contributed by atoms with Crippen LogP contribution in [0.5, 0.6) is 5.75 Å². The number of benzene rings is 2. The summed E-state index contributed by atoms with van der Waals surface area (Å²) in [5.41, 5.74) is 5.25. The van der Waals surface area contributed by atoms with E-state index in [0.29, 0.717) is 54.9 Å². The Morgan fingerprint density at radius 1 is 1.05 bits per heavy atom. The van der Waals surface area contributed by atoms with Gasteiger partial charge in [0.15, 0.2) is 5.82 Å². The second-order valence-corrected chi connectivity index (χ2v) is 19.2. The number of hydrogen-bond donors (Lipinski definition) is 1. The number of ether oxygens (including phenoxy) is 3. The third-order valence-electron chi connectivity index (χ3n) is 13.1. The summed E-state index contributed by atoms with van der Waals surface area (Å²) in [7, 11) is 1.66. The number of nitrogens with zero attached hydrogens (tertiary/aromatic N) is 5. The predicted molar refractivity (Wildman–Crippen MR) is 223 cm³/mol. The lowest BCUT2D eigenvalue weighted by atomic mass is 9.68. The molecule has 3 aliphatic heterocycles. The van der Waals surface area contributed by atoms with Crippen molar-refractivity contribution in [3.8, 4) is 5.75 Å². The van der Waals surface area contributed by atoms with Gasteiger partial charge in [-0.3, -0.25) is 19.0 Å². The number of rotatable bonds is 5. The largest absolute Gasteiger partial charge is 0.490 e. The maximum absolute atomic E-state index is 15.0. The number of allylic oxidation sites excluding steroid dienone is 1. The molecule has 2 aliphatic carbocycles. The standard InChI is InChI=1S/C44H58N6O6S/c1-29-11-15-37-31(22-29)9-7-19-44(37)27-50-24-33-12-14-35(33)39(55-5)10-6-8-30(2)26-57(53,46-42(51)32-13-16-40(56-28-44)38(50)23-32)47-43(52)36-25-48(3)45-41(36)49-20-17-34(54-4)18-21-49/h6,10-11,13,15-16,22-23,25,30,33-35,39H,7-9,12,14,17-21,24,26-28H2,1-5H3,(H,46,47,51,52,53)/b10-6+/t30-,33-,35+,39-,44-,57?/m0/s1. The second kappa shape index (κ2) is 16.2. The maximum Gasteiger partial charge on any atom is 0.286 e. The van der Waals surface area contributed by atoms with Crippen molar-refractivity contribution >= 4 is 33.2 Å². The molecule has 8 rings (SSSR count). The van der Waals surface area contributed by atoms with Crippen LogP contribution in [0.15, 0.2) is 59.1 Å². The van der Waals surface area contributed by atoms with Crippen LogP contribution >= 0.6 is 0 Å².